The Balaban J connectivity index is 2.09. The van der Waals surface area contributed by atoms with Crippen molar-refractivity contribution in [3.05, 3.63) is 18.2 Å². The van der Waals surface area contributed by atoms with E-state index in [-0.39, 0.29) is 19.5 Å². The SMILES string of the molecule is CC(O)C(NC(=O)CN)C(=O)N1CCCC1C(=O)NC(Cc1cnc[nH]1)C(=O)O. The minimum atomic E-state index is -1.25. The summed E-state index contributed by atoms with van der Waals surface area (Å²) >= 11 is 0. The molecule has 1 fully saturated rings. The number of nitrogens with one attached hydrogen (secondary N) is 3. The topological polar surface area (TPSA) is 191 Å². The number of carboxylic acid groups (broad SMARTS) is 1. The second-order valence-corrected chi connectivity index (χ2v) is 6.86. The lowest BCUT2D eigenvalue weighted by molar-refractivity contribution is -0.145. The number of amides is 3. The van der Waals surface area contributed by atoms with Gasteiger partial charge in [-0.1, -0.05) is 0 Å². The second-order valence-electron chi connectivity index (χ2n) is 6.86. The molecule has 12 heteroatoms. The number of imidazole rings is 1. The van der Waals surface area contributed by atoms with Gasteiger partial charge in [0.2, 0.25) is 17.7 Å². The summed E-state index contributed by atoms with van der Waals surface area (Å²) in [6.45, 7) is 1.24. The number of carboxylic acids is 1. The fourth-order valence-electron chi connectivity index (χ4n) is 3.19. The van der Waals surface area contributed by atoms with E-state index in [1.165, 1.54) is 24.3 Å². The number of rotatable bonds is 9. The average molecular weight is 410 g/mol. The molecule has 29 heavy (non-hydrogen) atoms. The summed E-state index contributed by atoms with van der Waals surface area (Å²) < 4.78 is 0. The highest BCUT2D eigenvalue weighted by Gasteiger charge is 2.40. The van der Waals surface area contributed by atoms with E-state index >= 15 is 0 Å². The third-order valence-electron chi connectivity index (χ3n) is 4.68. The number of hydrogen-bond acceptors (Lipinski definition) is 7. The molecule has 0 spiro atoms. The number of aliphatic hydroxyl groups is 1. The molecule has 3 amide bonds. The summed E-state index contributed by atoms with van der Waals surface area (Å²) in [5, 5.41) is 24.1. The smallest absolute Gasteiger partial charge is 0.326 e. The number of likely N-dealkylation sites (tertiary alicyclic amines) is 1. The van der Waals surface area contributed by atoms with Gasteiger partial charge in [0.25, 0.3) is 0 Å². The van der Waals surface area contributed by atoms with Crippen molar-refractivity contribution >= 4 is 23.7 Å². The highest BCUT2D eigenvalue weighted by Crippen LogP contribution is 2.20. The minimum absolute atomic E-state index is 0.00456. The number of nitrogens with zero attached hydrogens (tertiary/aromatic N) is 2. The molecule has 2 rings (SSSR count). The van der Waals surface area contributed by atoms with E-state index < -0.39 is 47.9 Å². The Kier molecular flexibility index (Phi) is 7.67. The molecule has 1 aromatic rings. The number of aromatic nitrogens is 2. The summed E-state index contributed by atoms with van der Waals surface area (Å²) in [5.74, 6) is -3.08. The van der Waals surface area contributed by atoms with Crippen LogP contribution in [0, 0.1) is 0 Å². The Labute approximate surface area is 166 Å². The normalized spacial score (nSPS) is 19.3. The number of H-pyrrole nitrogens is 1. The van der Waals surface area contributed by atoms with Crippen LogP contribution in [-0.4, -0.2) is 86.1 Å². The Bertz CT molecular complexity index is 737. The van der Waals surface area contributed by atoms with Gasteiger partial charge in [-0.3, -0.25) is 14.4 Å². The molecule has 0 bridgehead atoms. The molecule has 7 N–H and O–H groups in total. The molecule has 1 aromatic heterocycles. The Morgan fingerprint density at radius 2 is 2.10 bits per heavy atom. The highest BCUT2D eigenvalue weighted by atomic mass is 16.4. The molecule has 2 heterocycles. The fourth-order valence-corrected chi connectivity index (χ4v) is 3.19. The molecule has 0 aliphatic carbocycles. The summed E-state index contributed by atoms with van der Waals surface area (Å²) in [6, 6.07) is -3.35. The number of aromatic amines is 1. The molecule has 1 aliphatic rings. The molecule has 1 aliphatic heterocycles. The first-order chi connectivity index (χ1) is 13.7. The molecule has 4 atom stereocenters. The van der Waals surface area contributed by atoms with Crippen molar-refractivity contribution in [3.63, 3.8) is 0 Å². The van der Waals surface area contributed by atoms with Gasteiger partial charge in [0.15, 0.2) is 0 Å². The van der Waals surface area contributed by atoms with Gasteiger partial charge in [-0.2, -0.15) is 0 Å². The van der Waals surface area contributed by atoms with E-state index in [9.17, 15) is 29.4 Å². The summed E-state index contributed by atoms with van der Waals surface area (Å²) in [6.07, 6.45) is 2.53. The second kappa shape index (κ2) is 9.98. The van der Waals surface area contributed by atoms with Gasteiger partial charge in [0.05, 0.1) is 19.0 Å². The lowest BCUT2D eigenvalue weighted by atomic mass is 10.1. The summed E-state index contributed by atoms with van der Waals surface area (Å²) in [4.78, 5) is 56.5. The maximum atomic E-state index is 12.8. The largest absolute Gasteiger partial charge is 0.480 e. The van der Waals surface area contributed by atoms with Gasteiger partial charge < -0.3 is 36.5 Å². The molecule has 1 saturated heterocycles. The minimum Gasteiger partial charge on any atom is -0.480 e. The first-order valence-electron chi connectivity index (χ1n) is 9.23. The molecule has 12 nitrogen and oxygen atoms in total. The van der Waals surface area contributed by atoms with Crippen LogP contribution in [0.1, 0.15) is 25.5 Å². The summed E-state index contributed by atoms with van der Waals surface area (Å²) in [7, 11) is 0. The number of aliphatic carboxylic acids is 1. The van der Waals surface area contributed by atoms with E-state index in [1.54, 1.807) is 0 Å². The van der Waals surface area contributed by atoms with Crippen molar-refractivity contribution in [3.8, 4) is 0 Å². The number of hydrogen-bond donors (Lipinski definition) is 6. The molecular weight excluding hydrogens is 384 g/mol. The maximum Gasteiger partial charge on any atom is 0.326 e. The molecule has 160 valence electrons. The summed E-state index contributed by atoms with van der Waals surface area (Å²) in [5.41, 5.74) is 5.78. The van der Waals surface area contributed by atoms with Crippen LogP contribution < -0.4 is 16.4 Å². The van der Waals surface area contributed by atoms with Crippen molar-refractivity contribution in [1.82, 2.24) is 25.5 Å². The van der Waals surface area contributed by atoms with Crippen molar-refractivity contribution in [1.29, 1.82) is 0 Å². The van der Waals surface area contributed by atoms with Crippen LogP contribution in [0.5, 0.6) is 0 Å². The van der Waals surface area contributed by atoms with Gasteiger partial charge in [-0.15, -0.1) is 0 Å². The fraction of sp³-hybridized carbons (Fsp3) is 0.588. The lowest BCUT2D eigenvalue weighted by Gasteiger charge is -2.30. The van der Waals surface area contributed by atoms with Gasteiger partial charge in [-0.05, 0) is 19.8 Å². The third-order valence-corrected chi connectivity index (χ3v) is 4.68. The van der Waals surface area contributed by atoms with Gasteiger partial charge in [-0.25, -0.2) is 9.78 Å². The quantitative estimate of drug-likeness (QED) is 0.254. The van der Waals surface area contributed by atoms with E-state index in [2.05, 4.69) is 20.6 Å². The number of aliphatic hydroxyl groups excluding tert-OH is 1. The van der Waals surface area contributed by atoms with Crippen LogP contribution in [0.3, 0.4) is 0 Å². The monoisotopic (exact) mass is 410 g/mol. The predicted molar refractivity (Wildman–Crippen MR) is 99.3 cm³/mol. The van der Waals surface area contributed by atoms with E-state index in [1.807, 2.05) is 0 Å². The lowest BCUT2D eigenvalue weighted by Crippen LogP contribution is -2.58. The van der Waals surface area contributed by atoms with Crippen LogP contribution in [0.25, 0.3) is 0 Å². The van der Waals surface area contributed by atoms with Crippen molar-refractivity contribution in [2.75, 3.05) is 13.1 Å². The number of nitrogens with two attached hydrogens (primary N) is 1. The molecule has 0 radical (unpaired) electrons. The maximum absolute atomic E-state index is 12.8. The van der Waals surface area contributed by atoms with Crippen LogP contribution in [0.4, 0.5) is 0 Å². The molecule has 4 unspecified atom stereocenters. The standard InChI is InChI=1S/C17H26N6O6/c1-9(24)14(22-13(25)6-18)16(27)23-4-2-3-12(23)15(26)21-11(17(28)29)5-10-7-19-8-20-10/h7-9,11-12,14,24H,2-6,18H2,1H3,(H,19,20)(H,21,26)(H,22,25)(H,28,29). The highest BCUT2D eigenvalue weighted by molar-refractivity contribution is 5.94. The molecule has 0 saturated carbocycles. The van der Waals surface area contributed by atoms with Gasteiger partial charge in [0, 0.05) is 24.9 Å². The van der Waals surface area contributed by atoms with E-state index in [4.69, 9.17) is 5.73 Å². The molecular formula is C17H26N6O6. The Hall–Kier alpha value is -2.99. The van der Waals surface area contributed by atoms with Gasteiger partial charge in [0.1, 0.15) is 18.1 Å². The van der Waals surface area contributed by atoms with Crippen molar-refractivity contribution in [2.45, 2.75) is 50.4 Å². The zero-order valence-electron chi connectivity index (χ0n) is 16.0. The first-order valence-corrected chi connectivity index (χ1v) is 9.23. The van der Waals surface area contributed by atoms with E-state index in [0.29, 0.717) is 18.5 Å². The average Bonchev–Trinajstić information content (AvgIpc) is 3.36. The van der Waals surface area contributed by atoms with Crippen LogP contribution in [-0.2, 0) is 25.6 Å². The van der Waals surface area contributed by atoms with Crippen LogP contribution in [0.2, 0.25) is 0 Å². The number of carbonyl (C=O) groups excluding carboxylic acids is 3. The first kappa shape index (κ1) is 22.3. The third kappa shape index (κ3) is 5.74. The Morgan fingerprint density at radius 3 is 2.66 bits per heavy atom. The van der Waals surface area contributed by atoms with Crippen LogP contribution >= 0.6 is 0 Å². The zero-order valence-corrected chi connectivity index (χ0v) is 16.0. The molecule has 0 aromatic carbocycles. The van der Waals surface area contributed by atoms with Crippen LogP contribution in [0.15, 0.2) is 12.5 Å². The van der Waals surface area contributed by atoms with E-state index in [0.717, 1.165) is 0 Å². The van der Waals surface area contributed by atoms with Crippen molar-refractivity contribution in [2.24, 2.45) is 5.73 Å². The zero-order chi connectivity index (χ0) is 21.6. The van der Waals surface area contributed by atoms with Gasteiger partial charge >= 0.3 is 5.97 Å². The van der Waals surface area contributed by atoms with Crippen molar-refractivity contribution < 1.29 is 29.4 Å². The Morgan fingerprint density at radius 1 is 1.38 bits per heavy atom. The predicted octanol–water partition coefficient (Wildman–Crippen LogP) is -2.66. The number of carbonyl (C=O) groups is 4.